The van der Waals surface area contributed by atoms with Crippen molar-refractivity contribution in [2.45, 2.75) is 6.61 Å². The summed E-state index contributed by atoms with van der Waals surface area (Å²) in [5, 5.41) is 0. The van der Waals surface area contributed by atoms with Crippen molar-refractivity contribution in [2.75, 3.05) is 5.73 Å². The van der Waals surface area contributed by atoms with Gasteiger partial charge in [0.2, 0.25) is 0 Å². The van der Waals surface area contributed by atoms with Crippen LogP contribution in [0.1, 0.15) is 15.9 Å². The summed E-state index contributed by atoms with van der Waals surface area (Å²) in [4.78, 5) is 11.8. The Labute approximate surface area is 122 Å². The standard InChI is InChI=1S/C14H10BrF2NO2/c15-12-5-9(16)2-1-8(12)7-20-14(19)11-4-3-10(17)6-13(11)18/h1-6H,7,18H2. The first-order valence-electron chi connectivity index (χ1n) is 5.63. The van der Waals surface area contributed by atoms with E-state index in [1.165, 1.54) is 24.3 Å². The molecule has 0 aromatic heterocycles. The van der Waals surface area contributed by atoms with E-state index in [0.29, 0.717) is 10.0 Å². The fraction of sp³-hybridized carbons (Fsp3) is 0.0714. The number of halogens is 3. The first-order valence-corrected chi connectivity index (χ1v) is 6.43. The minimum Gasteiger partial charge on any atom is -0.457 e. The van der Waals surface area contributed by atoms with Crippen LogP contribution in [-0.4, -0.2) is 5.97 Å². The van der Waals surface area contributed by atoms with Crippen LogP contribution >= 0.6 is 15.9 Å². The average molecular weight is 342 g/mol. The van der Waals surface area contributed by atoms with Gasteiger partial charge in [0, 0.05) is 15.7 Å². The molecule has 0 amide bonds. The van der Waals surface area contributed by atoms with E-state index >= 15 is 0 Å². The van der Waals surface area contributed by atoms with Crippen LogP contribution in [0.25, 0.3) is 0 Å². The maximum atomic E-state index is 12.9. The Balaban J connectivity index is 2.08. The second kappa shape index (κ2) is 6.00. The summed E-state index contributed by atoms with van der Waals surface area (Å²) in [6.45, 7) is -0.0451. The van der Waals surface area contributed by atoms with Crippen molar-refractivity contribution in [1.29, 1.82) is 0 Å². The fourth-order valence-corrected chi connectivity index (χ4v) is 2.04. The largest absolute Gasteiger partial charge is 0.457 e. The SMILES string of the molecule is Nc1cc(F)ccc1C(=O)OCc1ccc(F)cc1Br. The molecular formula is C14H10BrF2NO2. The molecular weight excluding hydrogens is 332 g/mol. The van der Waals surface area contributed by atoms with Crippen molar-refractivity contribution in [2.24, 2.45) is 0 Å². The molecule has 6 heteroatoms. The maximum absolute atomic E-state index is 12.9. The van der Waals surface area contributed by atoms with Crippen LogP contribution in [0.4, 0.5) is 14.5 Å². The smallest absolute Gasteiger partial charge is 0.340 e. The Bertz CT molecular complexity index is 662. The first-order chi connectivity index (χ1) is 9.47. The summed E-state index contributed by atoms with van der Waals surface area (Å²) >= 11 is 3.17. The van der Waals surface area contributed by atoms with E-state index in [1.54, 1.807) is 0 Å². The zero-order chi connectivity index (χ0) is 14.7. The number of nitrogen functional groups attached to an aromatic ring is 1. The Morgan fingerprint density at radius 3 is 2.45 bits per heavy atom. The molecule has 0 spiro atoms. The van der Waals surface area contributed by atoms with Crippen LogP contribution in [-0.2, 0) is 11.3 Å². The van der Waals surface area contributed by atoms with E-state index in [4.69, 9.17) is 10.5 Å². The second-order valence-corrected chi connectivity index (χ2v) is 4.90. The third-order valence-electron chi connectivity index (χ3n) is 2.61. The molecule has 2 aromatic rings. The molecule has 0 saturated carbocycles. The molecule has 0 fully saturated rings. The van der Waals surface area contributed by atoms with E-state index < -0.39 is 17.6 Å². The Kier molecular flexibility index (Phi) is 4.34. The molecule has 0 bridgehead atoms. The topological polar surface area (TPSA) is 52.3 Å². The number of ether oxygens (including phenoxy) is 1. The summed E-state index contributed by atoms with van der Waals surface area (Å²) in [6.07, 6.45) is 0. The minimum absolute atomic E-state index is 0.00757. The first kappa shape index (κ1) is 14.5. The van der Waals surface area contributed by atoms with Gasteiger partial charge in [0.15, 0.2) is 0 Å². The zero-order valence-electron chi connectivity index (χ0n) is 10.2. The molecule has 0 saturated heterocycles. The molecule has 2 aromatic carbocycles. The molecule has 0 heterocycles. The van der Waals surface area contributed by atoms with Gasteiger partial charge in [0.1, 0.15) is 18.2 Å². The van der Waals surface area contributed by atoms with Crippen molar-refractivity contribution >= 4 is 27.6 Å². The molecule has 0 aliphatic carbocycles. The van der Waals surface area contributed by atoms with Crippen molar-refractivity contribution in [1.82, 2.24) is 0 Å². The number of rotatable bonds is 3. The van der Waals surface area contributed by atoms with Crippen LogP contribution in [0.3, 0.4) is 0 Å². The lowest BCUT2D eigenvalue weighted by Gasteiger charge is -2.08. The van der Waals surface area contributed by atoms with Gasteiger partial charge in [0.25, 0.3) is 0 Å². The van der Waals surface area contributed by atoms with Crippen LogP contribution < -0.4 is 5.73 Å². The van der Waals surface area contributed by atoms with Crippen LogP contribution in [0.2, 0.25) is 0 Å². The zero-order valence-corrected chi connectivity index (χ0v) is 11.8. The van der Waals surface area contributed by atoms with Crippen LogP contribution in [0.5, 0.6) is 0 Å². The summed E-state index contributed by atoms with van der Waals surface area (Å²) in [5.74, 6) is -1.59. The second-order valence-electron chi connectivity index (χ2n) is 4.04. The lowest BCUT2D eigenvalue weighted by Crippen LogP contribution is -2.08. The molecule has 0 aliphatic heterocycles. The van der Waals surface area contributed by atoms with Crippen LogP contribution in [0, 0.1) is 11.6 Å². The van der Waals surface area contributed by atoms with Crippen molar-refractivity contribution in [3.05, 3.63) is 63.6 Å². The van der Waals surface area contributed by atoms with Crippen LogP contribution in [0.15, 0.2) is 40.9 Å². The molecule has 2 rings (SSSR count). The van der Waals surface area contributed by atoms with Gasteiger partial charge in [-0.05, 0) is 30.3 Å². The average Bonchev–Trinajstić information content (AvgIpc) is 2.37. The molecule has 0 atom stereocenters. The van der Waals surface area contributed by atoms with Crippen molar-refractivity contribution in [3.8, 4) is 0 Å². The molecule has 0 radical (unpaired) electrons. The molecule has 0 aliphatic rings. The van der Waals surface area contributed by atoms with Gasteiger partial charge in [-0.3, -0.25) is 0 Å². The molecule has 104 valence electrons. The third kappa shape index (κ3) is 3.33. The Morgan fingerprint density at radius 2 is 1.80 bits per heavy atom. The van der Waals surface area contributed by atoms with Gasteiger partial charge in [-0.15, -0.1) is 0 Å². The summed E-state index contributed by atoms with van der Waals surface area (Å²) in [5.41, 5.74) is 6.25. The number of hydrogen-bond donors (Lipinski definition) is 1. The number of nitrogens with two attached hydrogens (primary N) is 1. The highest BCUT2D eigenvalue weighted by molar-refractivity contribution is 9.10. The molecule has 0 unspecified atom stereocenters. The molecule has 2 N–H and O–H groups in total. The Morgan fingerprint density at radius 1 is 1.15 bits per heavy atom. The van der Waals surface area contributed by atoms with Gasteiger partial charge in [-0.2, -0.15) is 0 Å². The maximum Gasteiger partial charge on any atom is 0.340 e. The van der Waals surface area contributed by atoms with Gasteiger partial charge in [-0.1, -0.05) is 22.0 Å². The van der Waals surface area contributed by atoms with E-state index in [-0.39, 0.29) is 17.9 Å². The highest BCUT2D eigenvalue weighted by Gasteiger charge is 2.13. The number of esters is 1. The molecule has 20 heavy (non-hydrogen) atoms. The highest BCUT2D eigenvalue weighted by atomic mass is 79.9. The number of carbonyl (C=O) groups is 1. The van der Waals surface area contributed by atoms with Gasteiger partial charge in [-0.25, -0.2) is 13.6 Å². The van der Waals surface area contributed by atoms with Gasteiger partial charge >= 0.3 is 5.97 Å². The lowest BCUT2D eigenvalue weighted by molar-refractivity contribution is 0.0473. The van der Waals surface area contributed by atoms with E-state index in [2.05, 4.69) is 15.9 Å². The monoisotopic (exact) mass is 341 g/mol. The molecule has 3 nitrogen and oxygen atoms in total. The van der Waals surface area contributed by atoms with Gasteiger partial charge in [0.05, 0.1) is 5.56 Å². The normalized spacial score (nSPS) is 10.3. The number of hydrogen-bond acceptors (Lipinski definition) is 3. The minimum atomic E-state index is -0.668. The van der Waals surface area contributed by atoms with E-state index in [1.807, 2.05) is 0 Å². The summed E-state index contributed by atoms with van der Waals surface area (Å²) in [7, 11) is 0. The quantitative estimate of drug-likeness (QED) is 0.684. The fourth-order valence-electron chi connectivity index (χ4n) is 1.58. The predicted molar refractivity (Wildman–Crippen MR) is 74.0 cm³/mol. The Hall–Kier alpha value is -1.95. The summed E-state index contributed by atoms with van der Waals surface area (Å²) < 4.78 is 31.4. The number of anilines is 1. The summed E-state index contributed by atoms with van der Waals surface area (Å²) in [6, 6.07) is 7.47. The van der Waals surface area contributed by atoms with Crippen molar-refractivity contribution < 1.29 is 18.3 Å². The van der Waals surface area contributed by atoms with Crippen molar-refractivity contribution in [3.63, 3.8) is 0 Å². The van der Waals surface area contributed by atoms with E-state index in [0.717, 1.165) is 12.1 Å². The van der Waals surface area contributed by atoms with Gasteiger partial charge < -0.3 is 10.5 Å². The highest BCUT2D eigenvalue weighted by Crippen LogP contribution is 2.20. The number of carbonyl (C=O) groups excluding carboxylic acids is 1. The number of benzene rings is 2. The predicted octanol–water partition coefficient (Wildman–Crippen LogP) is 3.67. The third-order valence-corrected chi connectivity index (χ3v) is 3.35. The van der Waals surface area contributed by atoms with E-state index in [9.17, 15) is 13.6 Å². The lowest BCUT2D eigenvalue weighted by atomic mass is 10.2.